The molecule has 34 heavy (non-hydrogen) atoms. The van der Waals surface area contributed by atoms with Crippen molar-refractivity contribution in [1.82, 2.24) is 25.1 Å². The van der Waals surface area contributed by atoms with Crippen LogP contribution in [0.25, 0.3) is 32.6 Å². The summed E-state index contributed by atoms with van der Waals surface area (Å²) in [5.74, 6) is 0.265. The van der Waals surface area contributed by atoms with Crippen molar-refractivity contribution in [3.63, 3.8) is 0 Å². The van der Waals surface area contributed by atoms with Crippen LogP contribution in [0.15, 0.2) is 36.5 Å². The van der Waals surface area contributed by atoms with Crippen molar-refractivity contribution < 1.29 is 19.1 Å². The molecular formula is C25H29N5O4. The van der Waals surface area contributed by atoms with Crippen LogP contribution in [-0.2, 0) is 18.4 Å². The van der Waals surface area contributed by atoms with Gasteiger partial charge in [-0.25, -0.2) is 14.6 Å². The first-order chi connectivity index (χ1) is 16.3. The van der Waals surface area contributed by atoms with E-state index in [1.165, 1.54) is 7.05 Å². The zero-order valence-corrected chi connectivity index (χ0v) is 20.1. The van der Waals surface area contributed by atoms with Crippen molar-refractivity contribution in [2.45, 2.75) is 13.5 Å². The van der Waals surface area contributed by atoms with Crippen LogP contribution >= 0.6 is 0 Å². The molecule has 0 aliphatic heterocycles. The fourth-order valence-electron chi connectivity index (χ4n) is 4.21. The molecule has 9 nitrogen and oxygen atoms in total. The minimum absolute atomic E-state index is 0.168. The Morgan fingerprint density at radius 3 is 2.59 bits per heavy atom. The third-order valence-electron chi connectivity index (χ3n) is 5.90. The Kier molecular flexibility index (Phi) is 6.56. The summed E-state index contributed by atoms with van der Waals surface area (Å²) in [6.07, 6.45) is 0.642. The molecule has 0 saturated heterocycles. The number of carbonyl (C=O) groups excluding carboxylic acids is 2. The first-order valence-corrected chi connectivity index (χ1v) is 11.0. The number of aryl methyl sites for hydroxylation is 2. The molecule has 4 aromatic rings. The zero-order chi connectivity index (χ0) is 24.4. The number of hydrogen-bond acceptors (Lipinski definition) is 6. The van der Waals surface area contributed by atoms with E-state index >= 15 is 0 Å². The van der Waals surface area contributed by atoms with Gasteiger partial charge in [-0.15, -0.1) is 0 Å². The Labute approximate surface area is 197 Å². The Balaban J connectivity index is 1.77. The monoisotopic (exact) mass is 463 g/mol. The lowest BCUT2D eigenvalue weighted by Crippen LogP contribution is -2.33. The van der Waals surface area contributed by atoms with Crippen molar-refractivity contribution in [3.05, 3.63) is 47.7 Å². The molecule has 2 N–H and O–H groups in total. The highest BCUT2D eigenvalue weighted by Gasteiger charge is 2.17. The summed E-state index contributed by atoms with van der Waals surface area (Å²) in [5.41, 5.74) is 4.08. The number of aromatic nitrogens is 2. The van der Waals surface area contributed by atoms with E-state index < -0.39 is 12.2 Å². The molecule has 0 aliphatic carbocycles. The standard InChI is InChI=1S/C25H29N5O4/c1-15-17-8-9-27-23(34-25(32)28-10-11-29(3)4)20(17)13-19-18-12-16(14-33-24(31)26-2)6-7-21(18)30(5)22(15)19/h6-9,12-13H,10-11,14H2,1-5H3,(H,26,31)(H,28,32). The number of fused-ring (bicyclic) bond motifs is 4. The summed E-state index contributed by atoms with van der Waals surface area (Å²) in [4.78, 5) is 30.2. The second kappa shape index (κ2) is 9.56. The van der Waals surface area contributed by atoms with Crippen LogP contribution in [-0.4, -0.2) is 60.9 Å². The van der Waals surface area contributed by atoms with Gasteiger partial charge < -0.3 is 29.6 Å². The summed E-state index contributed by atoms with van der Waals surface area (Å²) < 4.78 is 12.9. The van der Waals surface area contributed by atoms with E-state index in [9.17, 15) is 9.59 Å². The van der Waals surface area contributed by atoms with Crippen LogP contribution in [0.4, 0.5) is 9.59 Å². The number of alkyl carbamates (subject to hydrolysis) is 1. The maximum absolute atomic E-state index is 12.4. The summed E-state index contributed by atoms with van der Waals surface area (Å²) in [5, 5.41) is 8.96. The van der Waals surface area contributed by atoms with E-state index in [4.69, 9.17) is 9.47 Å². The molecule has 2 heterocycles. The minimum atomic E-state index is -0.536. The number of rotatable bonds is 6. The lowest BCUT2D eigenvalue weighted by molar-refractivity contribution is 0.142. The van der Waals surface area contributed by atoms with Gasteiger partial charge in [0, 0.05) is 55.1 Å². The molecule has 9 heteroatoms. The van der Waals surface area contributed by atoms with Gasteiger partial charge in [0.1, 0.15) is 6.61 Å². The molecule has 2 aromatic carbocycles. The molecule has 0 bridgehead atoms. The first kappa shape index (κ1) is 23.3. The molecule has 0 spiro atoms. The van der Waals surface area contributed by atoms with Gasteiger partial charge in [-0.1, -0.05) is 6.07 Å². The van der Waals surface area contributed by atoms with Gasteiger partial charge in [-0.05, 0) is 61.8 Å². The maximum Gasteiger partial charge on any atom is 0.414 e. The molecule has 178 valence electrons. The number of amides is 2. The van der Waals surface area contributed by atoms with Crippen LogP contribution < -0.4 is 15.4 Å². The number of carbonyl (C=O) groups is 2. The topological polar surface area (TPSA) is 97.7 Å². The van der Waals surface area contributed by atoms with E-state index in [0.29, 0.717) is 13.1 Å². The molecule has 2 amide bonds. The van der Waals surface area contributed by atoms with Crippen molar-refractivity contribution in [3.8, 4) is 5.88 Å². The van der Waals surface area contributed by atoms with Crippen LogP contribution in [0, 0.1) is 6.92 Å². The van der Waals surface area contributed by atoms with E-state index in [0.717, 1.165) is 43.7 Å². The maximum atomic E-state index is 12.4. The number of nitrogens with one attached hydrogen (secondary N) is 2. The van der Waals surface area contributed by atoms with E-state index in [1.54, 1.807) is 6.20 Å². The Hall–Kier alpha value is -3.85. The van der Waals surface area contributed by atoms with Crippen molar-refractivity contribution in [2.24, 2.45) is 7.05 Å². The predicted molar refractivity (Wildman–Crippen MR) is 132 cm³/mol. The Morgan fingerprint density at radius 2 is 1.85 bits per heavy atom. The predicted octanol–water partition coefficient (Wildman–Crippen LogP) is 3.69. The average molecular weight is 464 g/mol. The second-order valence-electron chi connectivity index (χ2n) is 8.47. The van der Waals surface area contributed by atoms with Gasteiger partial charge in [0.2, 0.25) is 5.88 Å². The van der Waals surface area contributed by atoms with Crippen molar-refractivity contribution >= 4 is 44.8 Å². The molecule has 0 fully saturated rings. The second-order valence-corrected chi connectivity index (χ2v) is 8.47. The van der Waals surface area contributed by atoms with Crippen LogP contribution in [0.3, 0.4) is 0 Å². The highest BCUT2D eigenvalue weighted by atomic mass is 16.6. The quantitative estimate of drug-likeness (QED) is 0.453. The summed E-state index contributed by atoms with van der Waals surface area (Å²) in [6, 6.07) is 9.94. The van der Waals surface area contributed by atoms with Gasteiger partial charge in [0.25, 0.3) is 0 Å². The highest BCUT2D eigenvalue weighted by molar-refractivity contribution is 6.15. The molecule has 0 saturated carbocycles. The number of hydrogen-bond donors (Lipinski definition) is 2. The molecule has 2 aromatic heterocycles. The van der Waals surface area contributed by atoms with E-state index in [2.05, 4.69) is 27.1 Å². The summed E-state index contributed by atoms with van der Waals surface area (Å²) in [7, 11) is 7.43. The highest BCUT2D eigenvalue weighted by Crippen LogP contribution is 2.37. The molecule has 4 rings (SSSR count). The molecule has 0 aliphatic rings. The number of ether oxygens (including phenoxy) is 2. The number of nitrogens with zero attached hydrogens (tertiary/aromatic N) is 3. The van der Waals surface area contributed by atoms with Gasteiger partial charge >= 0.3 is 12.2 Å². The van der Waals surface area contributed by atoms with Gasteiger partial charge in [0.15, 0.2) is 0 Å². The first-order valence-electron chi connectivity index (χ1n) is 11.0. The molecule has 0 radical (unpaired) electrons. The average Bonchev–Trinajstić information content (AvgIpc) is 3.09. The molecular weight excluding hydrogens is 434 g/mol. The van der Waals surface area contributed by atoms with Crippen LogP contribution in [0.5, 0.6) is 5.88 Å². The van der Waals surface area contributed by atoms with Gasteiger partial charge in [-0.3, -0.25) is 0 Å². The molecule has 0 unspecified atom stereocenters. The fourth-order valence-corrected chi connectivity index (χ4v) is 4.21. The third-order valence-corrected chi connectivity index (χ3v) is 5.90. The lowest BCUT2D eigenvalue weighted by Gasteiger charge is -2.12. The lowest BCUT2D eigenvalue weighted by atomic mass is 10.0. The Morgan fingerprint density at radius 1 is 1.06 bits per heavy atom. The van der Waals surface area contributed by atoms with Crippen molar-refractivity contribution in [1.29, 1.82) is 0 Å². The normalized spacial score (nSPS) is 11.4. The fraction of sp³-hybridized carbons (Fsp3) is 0.320. The zero-order valence-electron chi connectivity index (χ0n) is 20.1. The van der Waals surface area contributed by atoms with E-state index in [-0.39, 0.29) is 12.5 Å². The largest absolute Gasteiger partial charge is 0.445 e. The number of likely N-dealkylation sites (N-methyl/N-ethyl adjacent to an activating group) is 1. The SMILES string of the molecule is CNC(=O)OCc1ccc2c(c1)c1cc3c(OC(=O)NCCN(C)C)nccc3c(C)c1n2C. The minimum Gasteiger partial charge on any atom is -0.445 e. The van der Waals surface area contributed by atoms with Crippen molar-refractivity contribution in [2.75, 3.05) is 34.2 Å². The van der Waals surface area contributed by atoms with Crippen LogP contribution in [0.1, 0.15) is 11.1 Å². The van der Waals surface area contributed by atoms with E-state index in [1.807, 2.05) is 56.4 Å². The molecule has 0 atom stereocenters. The Bertz CT molecular complexity index is 1390. The van der Waals surface area contributed by atoms with Gasteiger partial charge in [-0.2, -0.15) is 0 Å². The third kappa shape index (κ3) is 4.47. The summed E-state index contributed by atoms with van der Waals surface area (Å²) in [6.45, 7) is 3.41. The summed E-state index contributed by atoms with van der Waals surface area (Å²) >= 11 is 0. The van der Waals surface area contributed by atoms with Gasteiger partial charge in [0.05, 0.1) is 5.52 Å². The smallest absolute Gasteiger partial charge is 0.414 e. The van der Waals surface area contributed by atoms with Crippen LogP contribution in [0.2, 0.25) is 0 Å². The number of benzene rings is 2. The number of pyridine rings is 1.